The average Bonchev–Trinajstić information content (AvgIpc) is 2.17. The zero-order valence-electron chi connectivity index (χ0n) is 8.88. The van der Waals surface area contributed by atoms with E-state index < -0.39 is 0 Å². The van der Waals surface area contributed by atoms with Gasteiger partial charge < -0.3 is 15.0 Å². The number of nitrogens with one attached hydrogen (secondary N) is 1. The van der Waals surface area contributed by atoms with Crippen LogP contribution in [0.2, 0.25) is 0 Å². The lowest BCUT2D eigenvalue weighted by molar-refractivity contribution is -0.0474. The molecule has 0 saturated carbocycles. The molecule has 0 bridgehead atoms. The van der Waals surface area contributed by atoms with Crippen LogP contribution in [0.15, 0.2) is 0 Å². The lowest BCUT2D eigenvalue weighted by Crippen LogP contribution is -2.48. The minimum Gasteiger partial charge on any atom is -0.381 e. The summed E-state index contributed by atoms with van der Waals surface area (Å²) in [4.78, 5) is 2.53. The van der Waals surface area contributed by atoms with Crippen LogP contribution in [0.4, 0.5) is 0 Å². The summed E-state index contributed by atoms with van der Waals surface area (Å²) >= 11 is 0. The maximum Gasteiger partial charge on any atom is 0.0528 e. The van der Waals surface area contributed by atoms with Gasteiger partial charge in [-0.2, -0.15) is 0 Å². The fourth-order valence-corrected chi connectivity index (χ4v) is 1.65. The van der Waals surface area contributed by atoms with Crippen molar-refractivity contribution in [3.05, 3.63) is 0 Å². The van der Waals surface area contributed by atoms with Crippen LogP contribution in [0, 0.1) is 5.92 Å². The third kappa shape index (κ3) is 3.63. The topological polar surface area (TPSA) is 24.5 Å². The fourth-order valence-electron chi connectivity index (χ4n) is 1.65. The van der Waals surface area contributed by atoms with E-state index in [2.05, 4.69) is 10.2 Å². The molecule has 0 aromatic carbocycles. The zero-order chi connectivity index (χ0) is 9.52. The van der Waals surface area contributed by atoms with Gasteiger partial charge in [0.05, 0.1) is 13.2 Å². The van der Waals surface area contributed by atoms with Crippen molar-refractivity contribution in [1.29, 1.82) is 0 Å². The van der Waals surface area contributed by atoms with Gasteiger partial charge in [-0.15, -0.1) is 0 Å². The molecule has 0 aromatic rings. The van der Waals surface area contributed by atoms with Gasteiger partial charge in [0.1, 0.15) is 0 Å². The molecule has 2 fully saturated rings. The van der Waals surface area contributed by atoms with E-state index in [4.69, 9.17) is 4.74 Å². The minimum atomic E-state index is 0.827. The molecule has 0 radical (unpaired) electrons. The summed E-state index contributed by atoms with van der Waals surface area (Å²) in [6, 6.07) is 0. The lowest BCUT2D eigenvalue weighted by Gasteiger charge is -2.34. The van der Waals surface area contributed by atoms with Crippen LogP contribution in [-0.4, -0.2) is 50.8 Å². The Morgan fingerprint density at radius 3 is 2.31 bits per heavy atom. The first kappa shape index (κ1) is 11.0. The van der Waals surface area contributed by atoms with Crippen molar-refractivity contribution >= 4 is 0 Å². The molecule has 2 rings (SSSR count). The van der Waals surface area contributed by atoms with E-state index in [0.717, 1.165) is 32.2 Å². The standard InChI is InChI=1S/C8H16N2O.C2H6/c1-3-10(4-2-9-1)5-8-6-11-7-8;1-2/h8-9H,1-7H2;1-2H3. The van der Waals surface area contributed by atoms with Gasteiger partial charge in [0.2, 0.25) is 0 Å². The Morgan fingerprint density at radius 1 is 1.23 bits per heavy atom. The quantitative estimate of drug-likeness (QED) is 0.682. The molecule has 3 heteroatoms. The van der Waals surface area contributed by atoms with Crippen molar-refractivity contribution in [1.82, 2.24) is 10.2 Å². The Bertz CT molecular complexity index is 120. The first-order valence-electron chi connectivity index (χ1n) is 5.46. The summed E-state index contributed by atoms with van der Waals surface area (Å²) in [5.74, 6) is 0.827. The van der Waals surface area contributed by atoms with Gasteiger partial charge in [0, 0.05) is 38.6 Å². The molecule has 0 aromatic heterocycles. The predicted molar refractivity (Wildman–Crippen MR) is 55.0 cm³/mol. The van der Waals surface area contributed by atoms with E-state index in [-0.39, 0.29) is 0 Å². The van der Waals surface area contributed by atoms with E-state index in [1.165, 1.54) is 19.6 Å². The molecule has 13 heavy (non-hydrogen) atoms. The normalized spacial score (nSPS) is 24.5. The highest BCUT2D eigenvalue weighted by Gasteiger charge is 2.21. The van der Waals surface area contributed by atoms with Crippen LogP contribution in [0.25, 0.3) is 0 Å². The van der Waals surface area contributed by atoms with Crippen LogP contribution < -0.4 is 5.32 Å². The smallest absolute Gasteiger partial charge is 0.0528 e. The van der Waals surface area contributed by atoms with E-state index in [9.17, 15) is 0 Å². The van der Waals surface area contributed by atoms with E-state index in [1.807, 2.05) is 13.8 Å². The molecule has 0 aliphatic carbocycles. The average molecular weight is 186 g/mol. The molecule has 0 spiro atoms. The third-order valence-electron chi connectivity index (χ3n) is 2.43. The van der Waals surface area contributed by atoms with Gasteiger partial charge in [-0.05, 0) is 0 Å². The Balaban J connectivity index is 0.000000396. The summed E-state index contributed by atoms with van der Waals surface area (Å²) in [7, 11) is 0. The van der Waals surface area contributed by atoms with Gasteiger partial charge in [0.25, 0.3) is 0 Å². The van der Waals surface area contributed by atoms with E-state index in [1.54, 1.807) is 0 Å². The highest BCUT2D eigenvalue weighted by atomic mass is 16.5. The molecular formula is C10H22N2O. The molecule has 2 aliphatic rings. The number of piperazine rings is 1. The van der Waals surface area contributed by atoms with Crippen LogP contribution >= 0.6 is 0 Å². The molecule has 0 amide bonds. The Labute approximate surface area is 81.4 Å². The van der Waals surface area contributed by atoms with Crippen molar-refractivity contribution in [2.24, 2.45) is 5.92 Å². The second-order valence-corrected chi connectivity index (χ2v) is 3.45. The summed E-state index contributed by atoms with van der Waals surface area (Å²) in [6.07, 6.45) is 0. The maximum absolute atomic E-state index is 5.13. The van der Waals surface area contributed by atoms with Crippen molar-refractivity contribution in [2.75, 3.05) is 45.9 Å². The lowest BCUT2D eigenvalue weighted by atomic mass is 10.1. The Hall–Kier alpha value is -0.120. The number of hydrogen-bond acceptors (Lipinski definition) is 3. The van der Waals surface area contributed by atoms with Gasteiger partial charge in [-0.1, -0.05) is 13.8 Å². The van der Waals surface area contributed by atoms with Crippen molar-refractivity contribution in [3.63, 3.8) is 0 Å². The summed E-state index contributed by atoms with van der Waals surface area (Å²) in [5.41, 5.74) is 0. The van der Waals surface area contributed by atoms with Gasteiger partial charge in [-0.25, -0.2) is 0 Å². The summed E-state index contributed by atoms with van der Waals surface area (Å²) < 4.78 is 5.13. The summed E-state index contributed by atoms with van der Waals surface area (Å²) in [6.45, 7) is 12.0. The molecule has 0 unspecified atom stereocenters. The number of nitrogens with zero attached hydrogens (tertiary/aromatic N) is 1. The molecule has 3 nitrogen and oxygen atoms in total. The Kier molecular flexibility index (Phi) is 5.35. The van der Waals surface area contributed by atoms with Crippen LogP contribution in [-0.2, 0) is 4.74 Å². The second-order valence-electron chi connectivity index (χ2n) is 3.45. The first-order valence-corrected chi connectivity index (χ1v) is 5.46. The van der Waals surface area contributed by atoms with Crippen LogP contribution in [0.3, 0.4) is 0 Å². The van der Waals surface area contributed by atoms with Gasteiger partial charge in [0.15, 0.2) is 0 Å². The molecule has 2 heterocycles. The number of ether oxygens (including phenoxy) is 1. The molecule has 0 atom stereocenters. The van der Waals surface area contributed by atoms with Crippen LogP contribution in [0.5, 0.6) is 0 Å². The summed E-state index contributed by atoms with van der Waals surface area (Å²) in [5, 5.41) is 3.35. The predicted octanol–water partition coefficient (Wildman–Crippen LogP) is 0.564. The van der Waals surface area contributed by atoms with Crippen molar-refractivity contribution < 1.29 is 4.74 Å². The first-order chi connectivity index (χ1) is 6.45. The molecule has 1 N–H and O–H groups in total. The monoisotopic (exact) mass is 186 g/mol. The molecular weight excluding hydrogens is 164 g/mol. The highest BCUT2D eigenvalue weighted by Crippen LogP contribution is 2.11. The largest absolute Gasteiger partial charge is 0.381 e. The second kappa shape index (κ2) is 6.35. The van der Waals surface area contributed by atoms with Gasteiger partial charge in [-0.3, -0.25) is 0 Å². The van der Waals surface area contributed by atoms with Crippen molar-refractivity contribution in [3.8, 4) is 0 Å². The van der Waals surface area contributed by atoms with Gasteiger partial charge >= 0.3 is 0 Å². The molecule has 2 aliphatic heterocycles. The maximum atomic E-state index is 5.13. The van der Waals surface area contributed by atoms with E-state index in [0.29, 0.717) is 0 Å². The highest BCUT2D eigenvalue weighted by molar-refractivity contribution is 4.74. The van der Waals surface area contributed by atoms with E-state index >= 15 is 0 Å². The van der Waals surface area contributed by atoms with Crippen LogP contribution in [0.1, 0.15) is 13.8 Å². The molecule has 78 valence electrons. The van der Waals surface area contributed by atoms with Crippen molar-refractivity contribution in [2.45, 2.75) is 13.8 Å². The molecule has 2 saturated heterocycles. The fraction of sp³-hybridized carbons (Fsp3) is 1.00. The number of hydrogen-bond donors (Lipinski definition) is 1. The third-order valence-corrected chi connectivity index (χ3v) is 2.43. The zero-order valence-corrected chi connectivity index (χ0v) is 8.88. The number of rotatable bonds is 2. The minimum absolute atomic E-state index is 0.827. The SMILES string of the molecule is C1CN(CC2COC2)CCN1.CC. The Morgan fingerprint density at radius 2 is 1.85 bits per heavy atom.